The fourth-order valence-electron chi connectivity index (χ4n) is 6.09. The topological polar surface area (TPSA) is 170 Å². The van der Waals surface area contributed by atoms with Crippen LogP contribution in [0.2, 0.25) is 0 Å². The smallest absolute Gasteiger partial charge is 0.748 e. The largest absolute Gasteiger partial charge is 1.00 e. The van der Waals surface area contributed by atoms with Crippen LogP contribution < -0.4 is 29.6 Å². The van der Waals surface area contributed by atoms with Crippen molar-refractivity contribution in [1.29, 1.82) is 0 Å². The standard InChI is InChI=1S/C20H30O5S.C18H28O7S.Na/c1-14-15(2)19(24-12-17-8-5-4-6-9-17)20(23-11-7-10-21)25-18(14)13-26-16(3)22;1-13-14(2)17(24-11-15-7-4-3-5-8-15)18(23-10-6-9-19)25-16(13)12-26(20,21)22;/h4-6,8-9,14-15,18-21H,7,10-13H2,1-3H3;3-5,7-8,13-14,16-19H,6,9-12H2,1-2H3,(H,20,21,22);/q;;+1/p-1/t14-,15-,18+,19+,20-;13-,14-,16+,17+,18-;/m00./s1. The van der Waals surface area contributed by atoms with Crippen molar-refractivity contribution < 1.29 is 86.0 Å². The summed E-state index contributed by atoms with van der Waals surface area (Å²) in [5.41, 5.74) is 2.11. The van der Waals surface area contributed by atoms with E-state index in [0.29, 0.717) is 38.4 Å². The second-order valence-corrected chi connectivity index (χ2v) is 16.1. The van der Waals surface area contributed by atoms with Crippen molar-refractivity contribution in [3.63, 3.8) is 0 Å². The Bertz CT molecular complexity index is 1390. The molecule has 2 saturated heterocycles. The molecule has 0 radical (unpaired) electrons. The Kier molecular flexibility index (Phi) is 23.0. The van der Waals surface area contributed by atoms with E-state index < -0.39 is 40.7 Å². The molecule has 2 aromatic rings. The van der Waals surface area contributed by atoms with Crippen molar-refractivity contribution in [1.82, 2.24) is 0 Å². The van der Waals surface area contributed by atoms with E-state index in [4.69, 9.17) is 38.6 Å². The van der Waals surface area contributed by atoms with Gasteiger partial charge in [0.2, 0.25) is 0 Å². The molecule has 12 nitrogen and oxygen atoms in total. The van der Waals surface area contributed by atoms with E-state index in [9.17, 15) is 17.8 Å². The van der Waals surface area contributed by atoms with Crippen molar-refractivity contribution in [3.05, 3.63) is 71.8 Å². The summed E-state index contributed by atoms with van der Waals surface area (Å²) < 4.78 is 69.2. The van der Waals surface area contributed by atoms with Crippen LogP contribution in [0.3, 0.4) is 0 Å². The van der Waals surface area contributed by atoms with Gasteiger partial charge in [-0.05, 0) is 47.6 Å². The van der Waals surface area contributed by atoms with Gasteiger partial charge in [-0.1, -0.05) is 100 Å². The number of benzene rings is 2. The van der Waals surface area contributed by atoms with E-state index >= 15 is 0 Å². The Balaban J connectivity index is 0.000000360. The van der Waals surface area contributed by atoms with E-state index in [1.165, 1.54) is 11.8 Å². The maximum Gasteiger partial charge on any atom is 1.00 e. The Morgan fingerprint density at radius 1 is 0.717 bits per heavy atom. The number of ether oxygens (including phenoxy) is 6. The molecule has 0 unspecified atom stereocenters. The molecule has 0 amide bonds. The first-order valence-corrected chi connectivity index (χ1v) is 20.5. The molecule has 2 heterocycles. The second kappa shape index (κ2) is 25.3. The molecule has 15 heteroatoms. The van der Waals surface area contributed by atoms with Gasteiger partial charge in [0.15, 0.2) is 17.7 Å². The molecule has 53 heavy (non-hydrogen) atoms. The first kappa shape index (κ1) is 48.2. The zero-order valence-corrected chi connectivity index (χ0v) is 35.5. The number of carbonyl (C=O) groups is 1. The van der Waals surface area contributed by atoms with Crippen LogP contribution in [0.5, 0.6) is 0 Å². The summed E-state index contributed by atoms with van der Waals surface area (Å²) in [4.78, 5) is 11.3. The molecule has 0 bridgehead atoms. The molecule has 2 aromatic carbocycles. The molecule has 0 aromatic heterocycles. The molecular weight excluding hydrogens is 736 g/mol. The van der Waals surface area contributed by atoms with E-state index in [1.807, 2.05) is 74.5 Å². The van der Waals surface area contributed by atoms with Gasteiger partial charge in [0.1, 0.15) is 12.2 Å². The minimum absolute atomic E-state index is 0. The van der Waals surface area contributed by atoms with Crippen molar-refractivity contribution >= 4 is 27.0 Å². The monoisotopic (exact) mass is 792 g/mol. The fraction of sp³-hybridized carbons (Fsp3) is 0.658. The molecule has 2 N–H and O–H groups in total. The van der Waals surface area contributed by atoms with Gasteiger partial charge < -0.3 is 43.2 Å². The molecule has 2 aliphatic rings. The Hall–Kier alpha value is -0.950. The van der Waals surface area contributed by atoms with E-state index in [0.717, 1.165) is 11.1 Å². The molecule has 294 valence electrons. The zero-order valence-electron chi connectivity index (χ0n) is 31.9. The first-order chi connectivity index (χ1) is 24.8. The van der Waals surface area contributed by atoms with Crippen LogP contribution in [0.4, 0.5) is 0 Å². The van der Waals surface area contributed by atoms with Crippen LogP contribution in [0.15, 0.2) is 60.7 Å². The van der Waals surface area contributed by atoms with Crippen molar-refractivity contribution in [2.45, 2.75) is 97.7 Å². The number of thioether (sulfide) groups is 1. The van der Waals surface area contributed by atoms with Crippen LogP contribution in [-0.2, 0) is 56.5 Å². The molecule has 2 fully saturated rings. The van der Waals surface area contributed by atoms with Crippen LogP contribution in [-0.4, -0.2) is 103 Å². The number of aliphatic hydroxyl groups is 2. The molecule has 10 atom stereocenters. The number of rotatable bonds is 18. The van der Waals surface area contributed by atoms with Gasteiger partial charge in [0.05, 0.1) is 54.5 Å². The van der Waals surface area contributed by atoms with Crippen LogP contribution in [0, 0.1) is 23.7 Å². The Morgan fingerprint density at radius 2 is 1.13 bits per heavy atom. The van der Waals surface area contributed by atoms with E-state index in [2.05, 4.69) is 13.8 Å². The minimum atomic E-state index is -4.41. The van der Waals surface area contributed by atoms with Gasteiger partial charge in [-0.25, -0.2) is 8.42 Å². The van der Waals surface area contributed by atoms with Crippen molar-refractivity contribution in [2.24, 2.45) is 23.7 Å². The van der Waals surface area contributed by atoms with Gasteiger partial charge in [-0.2, -0.15) is 0 Å². The average molecular weight is 793 g/mol. The quantitative estimate of drug-likeness (QED) is 0.127. The van der Waals surface area contributed by atoms with Gasteiger partial charge in [-0.3, -0.25) is 4.79 Å². The summed E-state index contributed by atoms with van der Waals surface area (Å²) >= 11 is 1.29. The van der Waals surface area contributed by atoms with Gasteiger partial charge in [0, 0.05) is 25.9 Å². The molecule has 2 aliphatic heterocycles. The summed E-state index contributed by atoms with van der Waals surface area (Å²) in [6.45, 7) is 11.3. The summed E-state index contributed by atoms with van der Waals surface area (Å²) in [6.07, 6.45) is -1.70. The molecule has 0 saturated carbocycles. The van der Waals surface area contributed by atoms with Gasteiger partial charge in [0.25, 0.3) is 0 Å². The third-order valence-corrected chi connectivity index (χ3v) is 11.2. The SMILES string of the molecule is CC(=O)SC[C@H]1O[C@H](OCCCO)[C@H](OCc2ccccc2)[C@@H](C)[C@@H]1C.C[C@H]1[C@H](C)[C@@H](CS(=O)(=O)[O-])O[C@H](OCCCO)[C@@H]1OCc1ccccc1.[Na+]. The predicted molar refractivity (Wildman–Crippen MR) is 197 cm³/mol. The number of hydrogen-bond donors (Lipinski definition) is 2. The number of carbonyl (C=O) groups excluding carboxylic acids is 1. The minimum Gasteiger partial charge on any atom is -0.748 e. The Morgan fingerprint density at radius 3 is 1.53 bits per heavy atom. The maximum atomic E-state index is 11.3. The third kappa shape index (κ3) is 17.0. The van der Waals surface area contributed by atoms with Gasteiger partial charge >= 0.3 is 29.6 Å². The molecule has 0 spiro atoms. The molecule has 0 aliphatic carbocycles. The number of aliphatic hydroxyl groups excluding tert-OH is 2. The van der Waals surface area contributed by atoms with Gasteiger partial charge in [-0.15, -0.1) is 0 Å². The van der Waals surface area contributed by atoms with E-state index in [-0.39, 0.29) is 90.4 Å². The first-order valence-electron chi connectivity index (χ1n) is 18.0. The van der Waals surface area contributed by atoms with E-state index in [1.54, 1.807) is 6.92 Å². The average Bonchev–Trinajstić information content (AvgIpc) is 3.11. The maximum absolute atomic E-state index is 11.3. The third-order valence-electron chi connectivity index (χ3n) is 9.58. The summed E-state index contributed by atoms with van der Waals surface area (Å²) in [5, 5.41) is 18.0. The van der Waals surface area contributed by atoms with Crippen molar-refractivity contribution in [3.8, 4) is 0 Å². The van der Waals surface area contributed by atoms with Crippen molar-refractivity contribution in [2.75, 3.05) is 37.9 Å². The number of hydrogen-bond acceptors (Lipinski definition) is 13. The summed E-state index contributed by atoms with van der Waals surface area (Å²) in [7, 11) is -4.41. The normalized spacial score (nSPS) is 28.7. The fourth-order valence-corrected chi connectivity index (χ4v) is 7.66. The second-order valence-electron chi connectivity index (χ2n) is 13.5. The predicted octanol–water partition coefficient (Wildman–Crippen LogP) is 1.76. The van der Waals surface area contributed by atoms with Crippen LogP contribution >= 0.6 is 11.8 Å². The summed E-state index contributed by atoms with van der Waals surface area (Å²) in [6, 6.07) is 19.7. The molecule has 4 rings (SSSR count). The summed E-state index contributed by atoms with van der Waals surface area (Å²) in [5.74, 6) is 0.246. The van der Waals surface area contributed by atoms with Crippen LogP contribution in [0.25, 0.3) is 0 Å². The zero-order chi connectivity index (χ0) is 38.1. The molecular formula is C38H57NaO12S2. The Labute approximate surface area is 342 Å². The van der Waals surface area contributed by atoms with Crippen LogP contribution in [0.1, 0.15) is 58.6 Å².